The molecule has 21 heavy (non-hydrogen) atoms. The van der Waals surface area contributed by atoms with Crippen molar-refractivity contribution in [2.75, 3.05) is 50.9 Å². The Morgan fingerprint density at radius 3 is 2.67 bits per heavy atom. The molecule has 3 heterocycles. The molecular formula is C15H24N4O2. The molecule has 0 aromatic carbocycles. The first-order valence-electron chi connectivity index (χ1n) is 7.82. The molecule has 1 atom stereocenters. The Kier molecular flexibility index (Phi) is 5.00. The van der Waals surface area contributed by atoms with Crippen molar-refractivity contribution in [2.45, 2.75) is 19.4 Å². The summed E-state index contributed by atoms with van der Waals surface area (Å²) in [7, 11) is 0. The number of ether oxygens (including phenoxy) is 1. The molecule has 2 saturated heterocycles. The summed E-state index contributed by atoms with van der Waals surface area (Å²) < 4.78 is 5.51. The summed E-state index contributed by atoms with van der Waals surface area (Å²) in [6.45, 7) is 6.28. The molecule has 0 aliphatic carbocycles. The van der Waals surface area contributed by atoms with Crippen LogP contribution in [0.4, 0.5) is 5.95 Å². The minimum Gasteiger partial charge on any atom is -0.396 e. The molecule has 6 heteroatoms. The maximum absolute atomic E-state index is 9.32. The van der Waals surface area contributed by atoms with Crippen LogP contribution in [0.1, 0.15) is 18.4 Å². The molecule has 116 valence electrons. The molecule has 1 aromatic rings. The molecule has 2 aliphatic heterocycles. The van der Waals surface area contributed by atoms with E-state index in [9.17, 15) is 5.11 Å². The summed E-state index contributed by atoms with van der Waals surface area (Å²) >= 11 is 0. The van der Waals surface area contributed by atoms with Gasteiger partial charge in [-0.15, -0.1) is 0 Å². The van der Waals surface area contributed by atoms with Gasteiger partial charge in [0.2, 0.25) is 5.95 Å². The number of anilines is 1. The van der Waals surface area contributed by atoms with Crippen molar-refractivity contribution in [3.63, 3.8) is 0 Å². The molecule has 3 rings (SSSR count). The Balaban J connectivity index is 1.58. The van der Waals surface area contributed by atoms with E-state index in [1.165, 1.54) is 12.8 Å². The quantitative estimate of drug-likeness (QED) is 0.873. The topological polar surface area (TPSA) is 61.7 Å². The van der Waals surface area contributed by atoms with Gasteiger partial charge in [0, 0.05) is 63.2 Å². The van der Waals surface area contributed by atoms with Gasteiger partial charge in [-0.25, -0.2) is 9.97 Å². The summed E-state index contributed by atoms with van der Waals surface area (Å²) in [5, 5.41) is 9.32. The van der Waals surface area contributed by atoms with Gasteiger partial charge in [0.15, 0.2) is 0 Å². The third-order valence-corrected chi connectivity index (χ3v) is 4.17. The molecule has 1 unspecified atom stereocenters. The molecule has 2 fully saturated rings. The lowest BCUT2D eigenvalue weighted by Crippen LogP contribution is -2.31. The van der Waals surface area contributed by atoms with Crippen LogP contribution in [0.2, 0.25) is 0 Å². The first kappa shape index (κ1) is 14.7. The Morgan fingerprint density at radius 2 is 1.95 bits per heavy atom. The third-order valence-electron chi connectivity index (χ3n) is 4.17. The highest BCUT2D eigenvalue weighted by molar-refractivity contribution is 5.30. The predicted molar refractivity (Wildman–Crippen MR) is 80.2 cm³/mol. The number of hydrogen-bond donors (Lipinski definition) is 1. The lowest BCUT2D eigenvalue weighted by Gasteiger charge is -2.22. The molecule has 1 N–H and O–H groups in total. The number of rotatable bonds is 4. The van der Waals surface area contributed by atoms with Gasteiger partial charge in [0.25, 0.3) is 0 Å². The number of aliphatic hydroxyl groups is 1. The van der Waals surface area contributed by atoms with E-state index < -0.39 is 0 Å². The molecule has 1 aromatic heterocycles. The Hall–Kier alpha value is -1.24. The third kappa shape index (κ3) is 3.90. The van der Waals surface area contributed by atoms with Crippen molar-refractivity contribution in [1.29, 1.82) is 0 Å². The van der Waals surface area contributed by atoms with E-state index in [1.807, 2.05) is 12.4 Å². The fourth-order valence-electron chi connectivity index (χ4n) is 2.98. The van der Waals surface area contributed by atoms with Gasteiger partial charge in [0.05, 0.1) is 13.2 Å². The van der Waals surface area contributed by atoms with Crippen molar-refractivity contribution in [3.8, 4) is 0 Å². The number of hydrogen-bond acceptors (Lipinski definition) is 6. The van der Waals surface area contributed by atoms with Crippen LogP contribution in [0.15, 0.2) is 12.4 Å². The zero-order valence-corrected chi connectivity index (χ0v) is 12.4. The van der Waals surface area contributed by atoms with E-state index in [1.54, 1.807) is 0 Å². The number of aliphatic hydroxyl groups excluding tert-OH is 1. The van der Waals surface area contributed by atoms with Crippen LogP contribution in [0, 0.1) is 5.92 Å². The second-order valence-electron chi connectivity index (χ2n) is 5.94. The van der Waals surface area contributed by atoms with Gasteiger partial charge >= 0.3 is 0 Å². The minimum absolute atomic E-state index is 0.181. The van der Waals surface area contributed by atoms with Gasteiger partial charge in [-0.05, 0) is 12.8 Å². The summed E-state index contributed by atoms with van der Waals surface area (Å²) in [5.74, 6) is 1.06. The van der Waals surface area contributed by atoms with Gasteiger partial charge in [-0.2, -0.15) is 0 Å². The van der Waals surface area contributed by atoms with E-state index in [4.69, 9.17) is 4.74 Å². The summed E-state index contributed by atoms with van der Waals surface area (Å²) in [6.07, 6.45) is 6.34. The van der Waals surface area contributed by atoms with Crippen LogP contribution < -0.4 is 4.90 Å². The van der Waals surface area contributed by atoms with Crippen LogP contribution in [-0.4, -0.2) is 66.0 Å². The second-order valence-corrected chi connectivity index (χ2v) is 5.94. The van der Waals surface area contributed by atoms with Crippen molar-refractivity contribution in [2.24, 2.45) is 5.92 Å². The zero-order valence-electron chi connectivity index (χ0n) is 12.4. The van der Waals surface area contributed by atoms with Crippen LogP contribution in [0.3, 0.4) is 0 Å². The fraction of sp³-hybridized carbons (Fsp3) is 0.733. The van der Waals surface area contributed by atoms with Gasteiger partial charge in [0.1, 0.15) is 0 Å². The molecule has 0 bridgehead atoms. The first-order valence-corrected chi connectivity index (χ1v) is 7.82. The highest BCUT2D eigenvalue weighted by atomic mass is 16.5. The van der Waals surface area contributed by atoms with Gasteiger partial charge < -0.3 is 14.7 Å². The average Bonchev–Trinajstić information content (AvgIpc) is 2.96. The molecular weight excluding hydrogens is 268 g/mol. The SMILES string of the molecule is OCC1COCCN(Cc2cnc(N3CCCC3)nc2)C1. The second kappa shape index (κ2) is 7.15. The summed E-state index contributed by atoms with van der Waals surface area (Å²) in [4.78, 5) is 13.5. The molecule has 6 nitrogen and oxygen atoms in total. The molecule has 2 aliphatic rings. The van der Waals surface area contributed by atoms with E-state index in [-0.39, 0.29) is 12.5 Å². The van der Waals surface area contributed by atoms with Crippen LogP contribution in [0.25, 0.3) is 0 Å². The molecule has 0 amide bonds. The van der Waals surface area contributed by atoms with E-state index in [0.717, 1.165) is 50.8 Å². The Morgan fingerprint density at radius 1 is 1.19 bits per heavy atom. The smallest absolute Gasteiger partial charge is 0.225 e. The lowest BCUT2D eigenvalue weighted by atomic mass is 10.1. The maximum Gasteiger partial charge on any atom is 0.225 e. The standard InChI is InChI=1S/C15H24N4O2/c20-11-14-10-18(5-6-21-12-14)9-13-7-16-15(17-8-13)19-3-1-2-4-19/h7-8,14,20H,1-6,9-12H2. The summed E-state index contributed by atoms with van der Waals surface area (Å²) in [6, 6.07) is 0. The van der Waals surface area contributed by atoms with Crippen molar-refractivity contribution >= 4 is 5.95 Å². The van der Waals surface area contributed by atoms with Crippen LogP contribution in [0.5, 0.6) is 0 Å². The molecule has 0 saturated carbocycles. The molecule has 0 radical (unpaired) electrons. The van der Waals surface area contributed by atoms with Crippen molar-refractivity contribution in [1.82, 2.24) is 14.9 Å². The number of nitrogens with zero attached hydrogens (tertiary/aromatic N) is 4. The predicted octanol–water partition coefficient (Wildman–Crippen LogP) is 0.517. The minimum atomic E-state index is 0.181. The zero-order chi connectivity index (χ0) is 14.5. The van der Waals surface area contributed by atoms with E-state index in [0.29, 0.717) is 6.61 Å². The van der Waals surface area contributed by atoms with Crippen molar-refractivity contribution < 1.29 is 9.84 Å². The van der Waals surface area contributed by atoms with E-state index in [2.05, 4.69) is 19.8 Å². The van der Waals surface area contributed by atoms with Crippen LogP contribution in [-0.2, 0) is 11.3 Å². The maximum atomic E-state index is 9.32. The monoisotopic (exact) mass is 292 g/mol. The van der Waals surface area contributed by atoms with Gasteiger partial charge in [-0.1, -0.05) is 0 Å². The fourth-order valence-corrected chi connectivity index (χ4v) is 2.98. The highest BCUT2D eigenvalue weighted by Gasteiger charge is 2.19. The van der Waals surface area contributed by atoms with E-state index >= 15 is 0 Å². The van der Waals surface area contributed by atoms with Crippen molar-refractivity contribution in [3.05, 3.63) is 18.0 Å². The van der Waals surface area contributed by atoms with Crippen LogP contribution >= 0.6 is 0 Å². The average molecular weight is 292 g/mol. The highest BCUT2D eigenvalue weighted by Crippen LogP contribution is 2.16. The number of aromatic nitrogens is 2. The Bertz CT molecular complexity index is 434. The largest absolute Gasteiger partial charge is 0.396 e. The summed E-state index contributed by atoms with van der Waals surface area (Å²) in [5.41, 5.74) is 1.12. The Labute approximate surface area is 125 Å². The lowest BCUT2D eigenvalue weighted by molar-refractivity contribution is 0.0958. The normalized spacial score (nSPS) is 24.2. The van der Waals surface area contributed by atoms with Gasteiger partial charge in [-0.3, -0.25) is 4.90 Å². The molecule has 0 spiro atoms. The first-order chi connectivity index (χ1) is 10.3.